The van der Waals surface area contributed by atoms with Gasteiger partial charge in [0, 0.05) is 54.1 Å². The number of methoxy groups -OCH3 is 2. The molecule has 4 aromatic rings. The molecule has 0 radical (unpaired) electrons. The van der Waals surface area contributed by atoms with Gasteiger partial charge in [0.15, 0.2) is 11.5 Å². The third kappa shape index (κ3) is 3.69. The number of rotatable bonds is 5. The van der Waals surface area contributed by atoms with Crippen LogP contribution in [-0.4, -0.2) is 42.5 Å². The maximum absolute atomic E-state index is 13.9. The van der Waals surface area contributed by atoms with Crippen LogP contribution in [0.3, 0.4) is 0 Å². The van der Waals surface area contributed by atoms with Gasteiger partial charge in [-0.15, -0.1) is 0 Å². The number of amides is 2. The Balaban J connectivity index is 1.63. The molecule has 0 aliphatic carbocycles. The van der Waals surface area contributed by atoms with E-state index >= 15 is 0 Å². The molecule has 178 valence electrons. The summed E-state index contributed by atoms with van der Waals surface area (Å²) >= 11 is 0. The van der Waals surface area contributed by atoms with Crippen LogP contribution in [0.25, 0.3) is 10.9 Å². The summed E-state index contributed by atoms with van der Waals surface area (Å²) in [5.41, 5.74) is 3.81. The van der Waals surface area contributed by atoms with Crippen LogP contribution in [0.2, 0.25) is 0 Å². The molecular weight excluding hydrogens is 442 g/mol. The van der Waals surface area contributed by atoms with Gasteiger partial charge in [-0.2, -0.15) is 0 Å². The normalized spacial score (nSPS) is 17.3. The summed E-state index contributed by atoms with van der Waals surface area (Å²) in [6.07, 6.45) is 2.02. The Morgan fingerprint density at radius 1 is 0.886 bits per heavy atom. The number of likely N-dealkylation sites (N-methyl/N-ethyl adjacent to an activating group) is 1. The van der Waals surface area contributed by atoms with Crippen molar-refractivity contribution < 1.29 is 19.1 Å². The first-order chi connectivity index (χ1) is 16.9. The molecule has 0 bridgehead atoms. The number of benzene rings is 3. The van der Waals surface area contributed by atoms with Crippen LogP contribution in [0.5, 0.6) is 11.5 Å². The highest BCUT2D eigenvalue weighted by Gasteiger charge is 2.43. The molecule has 0 fully saturated rings. The zero-order valence-electron chi connectivity index (χ0n) is 20.1. The monoisotopic (exact) mass is 469 g/mol. The van der Waals surface area contributed by atoms with Crippen LogP contribution >= 0.6 is 0 Å². The first-order valence-electron chi connectivity index (χ1n) is 11.4. The minimum absolute atomic E-state index is 0.103. The van der Waals surface area contributed by atoms with Gasteiger partial charge < -0.3 is 24.3 Å². The molecule has 1 aliphatic heterocycles. The van der Waals surface area contributed by atoms with E-state index in [-0.39, 0.29) is 11.8 Å². The van der Waals surface area contributed by atoms with Crippen molar-refractivity contribution >= 4 is 28.4 Å². The summed E-state index contributed by atoms with van der Waals surface area (Å²) in [5, 5.41) is 4.07. The van der Waals surface area contributed by atoms with E-state index in [2.05, 4.69) is 5.32 Å². The Morgan fingerprint density at radius 3 is 2.37 bits per heavy atom. The number of nitrogens with one attached hydrogen (secondary N) is 1. The first kappa shape index (κ1) is 22.5. The quantitative estimate of drug-likeness (QED) is 0.458. The first-order valence-corrected chi connectivity index (χ1v) is 11.4. The zero-order valence-corrected chi connectivity index (χ0v) is 20.1. The Kier molecular flexibility index (Phi) is 5.68. The number of para-hydroxylation sites is 1. The van der Waals surface area contributed by atoms with E-state index in [9.17, 15) is 9.59 Å². The predicted octanol–water partition coefficient (Wildman–Crippen LogP) is 4.74. The molecule has 7 nitrogen and oxygen atoms in total. The van der Waals surface area contributed by atoms with Gasteiger partial charge in [0.05, 0.1) is 26.2 Å². The lowest BCUT2D eigenvalue weighted by molar-refractivity contribution is -0.119. The number of ether oxygens (including phenoxy) is 2. The summed E-state index contributed by atoms with van der Waals surface area (Å²) in [7, 11) is 6.86. The van der Waals surface area contributed by atoms with Gasteiger partial charge in [0.1, 0.15) is 0 Å². The summed E-state index contributed by atoms with van der Waals surface area (Å²) in [6, 6.07) is 20.2. The average molecular weight is 470 g/mol. The molecule has 0 saturated carbocycles. The Labute approximate surface area is 203 Å². The van der Waals surface area contributed by atoms with Crippen molar-refractivity contribution in [1.82, 2.24) is 9.47 Å². The van der Waals surface area contributed by atoms with Gasteiger partial charge >= 0.3 is 0 Å². The van der Waals surface area contributed by atoms with Crippen molar-refractivity contribution in [3.8, 4) is 11.5 Å². The summed E-state index contributed by atoms with van der Waals surface area (Å²) < 4.78 is 12.8. The lowest BCUT2D eigenvalue weighted by Crippen LogP contribution is -2.44. The number of aromatic nitrogens is 1. The molecule has 0 saturated heterocycles. The minimum Gasteiger partial charge on any atom is -0.493 e. The molecule has 1 aromatic heterocycles. The van der Waals surface area contributed by atoms with Crippen molar-refractivity contribution in [1.29, 1.82) is 0 Å². The fourth-order valence-electron chi connectivity index (χ4n) is 5.09. The topological polar surface area (TPSA) is 72.8 Å². The van der Waals surface area contributed by atoms with Gasteiger partial charge in [0.2, 0.25) is 5.91 Å². The highest BCUT2D eigenvalue weighted by Crippen LogP contribution is 2.45. The number of nitrogens with zero attached hydrogens (tertiary/aromatic N) is 2. The number of fused-ring (bicyclic) bond motifs is 2. The van der Waals surface area contributed by atoms with Crippen molar-refractivity contribution in [3.05, 3.63) is 89.6 Å². The SMILES string of the molecule is COc1ccc(NC(=O)[C@H]2c3ccccc3C(=O)N(C)[C@@H]2c2cn(C)c3ccccc23)cc1OC. The van der Waals surface area contributed by atoms with Crippen LogP contribution < -0.4 is 14.8 Å². The van der Waals surface area contributed by atoms with Crippen molar-refractivity contribution in [3.63, 3.8) is 0 Å². The third-order valence-electron chi connectivity index (χ3n) is 6.76. The lowest BCUT2D eigenvalue weighted by Gasteiger charge is -2.39. The molecule has 2 atom stereocenters. The number of hydrogen-bond acceptors (Lipinski definition) is 4. The molecule has 2 amide bonds. The van der Waals surface area contributed by atoms with Crippen LogP contribution in [0.4, 0.5) is 5.69 Å². The average Bonchev–Trinajstić information content (AvgIpc) is 3.21. The van der Waals surface area contributed by atoms with Gasteiger partial charge in [0.25, 0.3) is 5.91 Å². The van der Waals surface area contributed by atoms with Crippen molar-refractivity contribution in [2.24, 2.45) is 7.05 Å². The van der Waals surface area contributed by atoms with Gasteiger partial charge in [-0.25, -0.2) is 0 Å². The fraction of sp³-hybridized carbons (Fsp3) is 0.214. The number of aryl methyl sites for hydroxylation is 1. The van der Waals surface area contributed by atoms with Crippen molar-refractivity contribution in [2.45, 2.75) is 12.0 Å². The van der Waals surface area contributed by atoms with E-state index in [1.54, 1.807) is 50.4 Å². The molecule has 7 heteroatoms. The van der Waals surface area contributed by atoms with Gasteiger partial charge in [-0.3, -0.25) is 9.59 Å². The van der Waals surface area contributed by atoms with Gasteiger partial charge in [-0.05, 0) is 29.8 Å². The van der Waals surface area contributed by atoms with Crippen LogP contribution in [0.1, 0.15) is 33.4 Å². The fourth-order valence-corrected chi connectivity index (χ4v) is 5.09. The lowest BCUT2D eigenvalue weighted by atomic mass is 9.79. The van der Waals surface area contributed by atoms with Crippen molar-refractivity contribution in [2.75, 3.05) is 26.6 Å². The molecule has 1 N–H and O–H groups in total. The molecule has 1 aliphatic rings. The van der Waals surface area contributed by atoms with E-state index < -0.39 is 12.0 Å². The molecule has 2 heterocycles. The summed E-state index contributed by atoms with van der Waals surface area (Å²) in [4.78, 5) is 29.0. The number of anilines is 1. The van der Waals surface area contributed by atoms with Crippen LogP contribution in [0, 0.1) is 0 Å². The molecule has 0 unspecified atom stereocenters. The predicted molar refractivity (Wildman–Crippen MR) is 135 cm³/mol. The third-order valence-corrected chi connectivity index (χ3v) is 6.76. The number of hydrogen-bond donors (Lipinski definition) is 1. The van der Waals surface area contributed by atoms with Gasteiger partial charge in [-0.1, -0.05) is 36.4 Å². The summed E-state index contributed by atoms with van der Waals surface area (Å²) in [6.45, 7) is 0. The van der Waals surface area contributed by atoms with E-state index in [0.717, 1.165) is 16.5 Å². The smallest absolute Gasteiger partial charge is 0.254 e. The van der Waals surface area contributed by atoms with E-state index in [1.165, 1.54) is 0 Å². The summed E-state index contributed by atoms with van der Waals surface area (Å²) in [5.74, 6) is 0.170. The Morgan fingerprint density at radius 2 is 1.60 bits per heavy atom. The zero-order chi connectivity index (χ0) is 24.7. The Bertz CT molecular complexity index is 1440. The highest BCUT2D eigenvalue weighted by molar-refractivity contribution is 6.05. The van der Waals surface area contributed by atoms with E-state index in [1.807, 2.05) is 60.3 Å². The van der Waals surface area contributed by atoms with Crippen LogP contribution in [-0.2, 0) is 11.8 Å². The maximum atomic E-state index is 13.9. The second kappa shape index (κ2) is 8.83. The Hall–Kier alpha value is -4.26. The van der Waals surface area contributed by atoms with Crippen LogP contribution in [0.15, 0.2) is 72.9 Å². The molecule has 35 heavy (non-hydrogen) atoms. The molecule has 3 aromatic carbocycles. The largest absolute Gasteiger partial charge is 0.493 e. The number of carbonyl (C=O) groups excluding carboxylic acids is 2. The van der Waals surface area contributed by atoms with E-state index in [4.69, 9.17) is 9.47 Å². The second-order valence-electron chi connectivity index (χ2n) is 8.70. The highest BCUT2D eigenvalue weighted by atomic mass is 16.5. The molecular formula is C28H27N3O4. The standard InChI is InChI=1S/C28H27N3O4/c1-30-16-21(18-9-7-8-12-22(18)30)26-25(19-10-5-6-11-20(19)28(33)31(26)2)27(32)29-17-13-14-23(34-3)24(15-17)35-4/h5-16,25-26H,1-4H3,(H,29,32)/t25-,26+/m0/s1. The second-order valence-corrected chi connectivity index (χ2v) is 8.70. The minimum atomic E-state index is -0.618. The number of carbonyl (C=O) groups is 2. The molecule has 0 spiro atoms. The van der Waals surface area contributed by atoms with E-state index in [0.29, 0.717) is 28.3 Å². The maximum Gasteiger partial charge on any atom is 0.254 e. The molecule has 5 rings (SSSR count).